The maximum Gasteiger partial charge on any atom is 0.323 e. The number of ether oxygens (including phenoxy) is 2. The average Bonchev–Trinajstić information content (AvgIpc) is 3.72. The lowest BCUT2D eigenvalue weighted by molar-refractivity contribution is -0.151. The molecule has 0 saturated carbocycles. The molecule has 0 radical (unpaired) electrons. The van der Waals surface area contributed by atoms with E-state index < -0.39 is 11.5 Å². The van der Waals surface area contributed by atoms with Crippen molar-refractivity contribution in [1.29, 1.82) is 0 Å². The highest BCUT2D eigenvalue weighted by Crippen LogP contribution is 2.30. The fourth-order valence-corrected chi connectivity index (χ4v) is 10.2. The van der Waals surface area contributed by atoms with Crippen LogP contribution in [0.15, 0.2) is 0 Å². The molecule has 0 aromatic heterocycles. The molecule has 0 aromatic rings. The summed E-state index contributed by atoms with van der Waals surface area (Å²) in [7, 11) is 7.92. The van der Waals surface area contributed by atoms with Gasteiger partial charge < -0.3 is 24.2 Å². The Morgan fingerprint density at radius 2 is 1.06 bits per heavy atom. The van der Waals surface area contributed by atoms with Gasteiger partial charge in [-0.25, -0.2) is 0 Å². The number of esters is 2. The van der Waals surface area contributed by atoms with Crippen LogP contribution in [0.1, 0.15) is 266 Å². The zero-order valence-electron chi connectivity index (χ0n) is 46.6. The van der Waals surface area contributed by atoms with Crippen molar-refractivity contribution < 1.29 is 28.7 Å². The van der Waals surface area contributed by atoms with Gasteiger partial charge in [-0.1, -0.05) is 196 Å². The highest BCUT2D eigenvalue weighted by atomic mass is 16.5. The minimum absolute atomic E-state index is 0.221. The van der Waals surface area contributed by atoms with Gasteiger partial charge in [-0.2, -0.15) is 0 Å². The van der Waals surface area contributed by atoms with E-state index in [0.717, 1.165) is 77.0 Å². The fourth-order valence-electron chi connectivity index (χ4n) is 10.2. The standard InChI is InChI=1S/C58H112N4O6/c1-11-15-18-21-24-25-29-32-39-50(14-4)61(10)57(66)58(5,6)44-36-37-45-62-49-52(68-55(64)43-46-59(7)8)48-53(62)56(65)67-47-38-31-26-30-35-42-54(63)60(9)51(40-33-27-22-19-16-12-2)41-34-28-23-20-17-13-3/h50-53H,11-49H2,1-10H3/t50?,52-,53-/m0/s1. The molecule has 1 rings (SSSR count). The smallest absolute Gasteiger partial charge is 0.323 e. The zero-order valence-corrected chi connectivity index (χ0v) is 46.6. The Morgan fingerprint density at radius 3 is 1.57 bits per heavy atom. The third-order valence-corrected chi connectivity index (χ3v) is 15.0. The van der Waals surface area contributed by atoms with Crippen LogP contribution >= 0.6 is 0 Å². The van der Waals surface area contributed by atoms with E-state index in [1.165, 1.54) is 128 Å². The van der Waals surface area contributed by atoms with E-state index in [-0.39, 0.29) is 30.0 Å². The molecule has 0 spiro atoms. The molecule has 0 N–H and O–H groups in total. The third kappa shape index (κ3) is 29.9. The van der Waals surface area contributed by atoms with Crippen molar-refractivity contribution >= 4 is 23.8 Å². The van der Waals surface area contributed by atoms with E-state index >= 15 is 0 Å². The van der Waals surface area contributed by atoms with Gasteiger partial charge in [-0.05, 0) is 72.0 Å². The molecule has 10 nitrogen and oxygen atoms in total. The average molecular weight is 962 g/mol. The normalized spacial score (nSPS) is 15.9. The molecular formula is C58H112N4O6. The number of carbonyl (C=O) groups excluding carboxylic acids is 4. The quantitative estimate of drug-likeness (QED) is 0.0440. The van der Waals surface area contributed by atoms with Gasteiger partial charge in [0.25, 0.3) is 0 Å². The number of hydrogen-bond donors (Lipinski definition) is 0. The van der Waals surface area contributed by atoms with Crippen molar-refractivity contribution in [2.75, 3.05) is 54.4 Å². The van der Waals surface area contributed by atoms with Crippen LogP contribution in [0.3, 0.4) is 0 Å². The second kappa shape index (κ2) is 40.4. The lowest BCUT2D eigenvalue weighted by atomic mass is 9.85. The lowest BCUT2D eigenvalue weighted by Crippen LogP contribution is -2.44. The molecular weight excluding hydrogens is 849 g/mol. The SMILES string of the molecule is CCCCCCCCCCC(CC)N(C)C(=O)C(C)(C)CCCCN1C[C@@H](OC(=O)CCN(C)C)C[C@H]1C(=O)OCCCCCCCC(=O)N(C)C(CCCCCCCC)CCCCCCCC. The zero-order chi connectivity index (χ0) is 50.4. The topological polar surface area (TPSA) is 99.7 Å². The van der Waals surface area contributed by atoms with E-state index in [0.29, 0.717) is 57.5 Å². The van der Waals surface area contributed by atoms with Crippen molar-refractivity contribution in [2.45, 2.75) is 291 Å². The summed E-state index contributed by atoms with van der Waals surface area (Å²) in [6.45, 7) is 15.4. The van der Waals surface area contributed by atoms with E-state index in [1.54, 1.807) is 0 Å². The van der Waals surface area contributed by atoms with E-state index in [2.05, 4.69) is 51.3 Å². The molecule has 2 amide bonds. The summed E-state index contributed by atoms with van der Waals surface area (Å²) >= 11 is 0. The maximum atomic E-state index is 13.8. The van der Waals surface area contributed by atoms with Gasteiger partial charge in [-0.15, -0.1) is 0 Å². The molecule has 1 saturated heterocycles. The van der Waals surface area contributed by atoms with Gasteiger partial charge in [0.05, 0.1) is 13.0 Å². The first-order valence-electron chi connectivity index (χ1n) is 29.0. The Hall–Kier alpha value is -2.20. The lowest BCUT2D eigenvalue weighted by Gasteiger charge is -2.35. The van der Waals surface area contributed by atoms with Crippen molar-refractivity contribution in [1.82, 2.24) is 19.6 Å². The Bertz CT molecular complexity index is 1260. The van der Waals surface area contributed by atoms with Crippen molar-refractivity contribution in [3.63, 3.8) is 0 Å². The molecule has 1 heterocycles. The second-order valence-electron chi connectivity index (χ2n) is 22.0. The minimum atomic E-state index is -0.468. The van der Waals surface area contributed by atoms with Crippen LogP contribution in [0.5, 0.6) is 0 Å². The van der Waals surface area contributed by atoms with E-state index in [9.17, 15) is 19.2 Å². The highest BCUT2D eigenvalue weighted by molar-refractivity contribution is 5.82. The molecule has 400 valence electrons. The first-order valence-corrected chi connectivity index (χ1v) is 29.0. The summed E-state index contributed by atoms with van der Waals surface area (Å²) in [5.74, 6) is 0.0439. The van der Waals surface area contributed by atoms with Crippen molar-refractivity contribution in [3.8, 4) is 0 Å². The minimum Gasteiger partial charge on any atom is -0.465 e. The predicted octanol–water partition coefficient (Wildman–Crippen LogP) is 14.1. The van der Waals surface area contributed by atoms with Gasteiger partial charge in [0.2, 0.25) is 11.8 Å². The third-order valence-electron chi connectivity index (χ3n) is 15.0. The van der Waals surface area contributed by atoms with Crippen LogP contribution in [0, 0.1) is 5.41 Å². The predicted molar refractivity (Wildman–Crippen MR) is 286 cm³/mol. The summed E-state index contributed by atoms with van der Waals surface area (Å²) < 4.78 is 11.8. The first kappa shape index (κ1) is 63.8. The molecule has 3 atom stereocenters. The summed E-state index contributed by atoms with van der Waals surface area (Å²) in [5, 5.41) is 0. The van der Waals surface area contributed by atoms with Crippen LogP contribution < -0.4 is 0 Å². The van der Waals surface area contributed by atoms with Crippen LogP contribution in [-0.2, 0) is 28.7 Å². The van der Waals surface area contributed by atoms with Crippen molar-refractivity contribution in [3.05, 3.63) is 0 Å². The molecule has 1 fully saturated rings. The summed E-state index contributed by atoms with van der Waals surface area (Å²) in [6.07, 6.45) is 38.3. The van der Waals surface area contributed by atoms with Gasteiger partial charge in [0.1, 0.15) is 12.1 Å². The van der Waals surface area contributed by atoms with Gasteiger partial charge in [0, 0.05) is 57.5 Å². The number of hydrogen-bond acceptors (Lipinski definition) is 8. The molecule has 1 aliphatic rings. The van der Waals surface area contributed by atoms with Crippen LogP contribution in [0.2, 0.25) is 0 Å². The Morgan fingerprint density at radius 1 is 0.574 bits per heavy atom. The number of rotatable bonds is 45. The summed E-state index contributed by atoms with van der Waals surface area (Å²) in [4.78, 5) is 61.7. The first-order chi connectivity index (χ1) is 32.7. The molecule has 68 heavy (non-hydrogen) atoms. The van der Waals surface area contributed by atoms with Gasteiger partial charge in [0.15, 0.2) is 0 Å². The number of amides is 2. The van der Waals surface area contributed by atoms with Crippen LogP contribution in [-0.4, -0.2) is 122 Å². The monoisotopic (exact) mass is 961 g/mol. The number of likely N-dealkylation sites (tertiary alicyclic amines) is 1. The fraction of sp³-hybridized carbons (Fsp3) is 0.931. The summed E-state index contributed by atoms with van der Waals surface area (Å²) in [6, 6.07) is 0.187. The molecule has 0 bridgehead atoms. The highest BCUT2D eigenvalue weighted by Gasteiger charge is 2.40. The van der Waals surface area contributed by atoms with Crippen LogP contribution in [0.4, 0.5) is 0 Å². The molecule has 10 heteroatoms. The molecule has 1 unspecified atom stereocenters. The molecule has 0 aliphatic carbocycles. The Kier molecular flexibility index (Phi) is 37.9. The Balaban J connectivity index is 2.61. The Labute approximate surface area is 420 Å². The van der Waals surface area contributed by atoms with Crippen LogP contribution in [0.25, 0.3) is 0 Å². The largest absolute Gasteiger partial charge is 0.465 e. The molecule has 0 aromatic carbocycles. The van der Waals surface area contributed by atoms with E-state index in [4.69, 9.17) is 9.47 Å². The van der Waals surface area contributed by atoms with E-state index in [1.807, 2.05) is 38.0 Å². The second-order valence-corrected chi connectivity index (χ2v) is 22.0. The van der Waals surface area contributed by atoms with Gasteiger partial charge in [-0.3, -0.25) is 24.1 Å². The number of unbranched alkanes of at least 4 members (excludes halogenated alkanes) is 22. The number of carbonyl (C=O) groups is 4. The summed E-state index contributed by atoms with van der Waals surface area (Å²) in [5.41, 5.74) is -0.468. The van der Waals surface area contributed by atoms with Crippen molar-refractivity contribution in [2.24, 2.45) is 5.41 Å². The number of nitrogens with zero attached hydrogens (tertiary/aromatic N) is 4. The molecule has 1 aliphatic heterocycles. The maximum absolute atomic E-state index is 13.8. The van der Waals surface area contributed by atoms with Gasteiger partial charge >= 0.3 is 11.9 Å².